The van der Waals surface area contributed by atoms with E-state index in [0.717, 1.165) is 5.56 Å². The van der Waals surface area contributed by atoms with Crippen LogP contribution in [-0.2, 0) is 0 Å². The summed E-state index contributed by atoms with van der Waals surface area (Å²) in [5.74, 6) is 0. The van der Waals surface area contributed by atoms with Crippen molar-refractivity contribution in [1.82, 2.24) is 9.80 Å². The first-order chi connectivity index (χ1) is 9.37. The van der Waals surface area contributed by atoms with Crippen LogP contribution in [0, 0.1) is 0 Å². The number of hydrogen-bond acceptors (Lipinski definition) is 4. The molecule has 1 aliphatic heterocycles. The van der Waals surface area contributed by atoms with Crippen LogP contribution in [0.4, 0.5) is 13.2 Å². The van der Waals surface area contributed by atoms with Crippen LogP contribution in [0.25, 0.3) is 0 Å². The van der Waals surface area contributed by atoms with Gasteiger partial charge in [0.05, 0.1) is 12.6 Å². The molecule has 0 bridgehead atoms. The largest absolute Gasteiger partial charge is 0.401 e. The zero-order chi connectivity index (χ0) is 14.8. The van der Waals surface area contributed by atoms with E-state index in [2.05, 4.69) is 10.3 Å². The number of alkyl halides is 3. The third-order valence-electron chi connectivity index (χ3n) is 3.59. The number of rotatable bonds is 4. The van der Waals surface area contributed by atoms with Gasteiger partial charge in [0.15, 0.2) is 0 Å². The van der Waals surface area contributed by atoms with Gasteiger partial charge in [-0.3, -0.25) is 9.80 Å². The molecule has 1 aromatic rings. The fraction of sp³-hybridized carbons (Fsp3) is 0.692. The molecule has 2 atom stereocenters. The molecule has 2 heterocycles. The molecule has 0 amide bonds. The molecule has 1 aromatic heterocycles. The topological polar surface area (TPSA) is 32.5 Å². The summed E-state index contributed by atoms with van der Waals surface area (Å²) in [5, 5.41) is 4.07. The van der Waals surface area contributed by atoms with Gasteiger partial charge in [-0.25, -0.2) is 0 Å². The van der Waals surface area contributed by atoms with Gasteiger partial charge in [0.1, 0.15) is 0 Å². The molecular weight excluding hydrogens is 287 g/mol. The summed E-state index contributed by atoms with van der Waals surface area (Å²) in [6.45, 7) is 3.25. The van der Waals surface area contributed by atoms with Crippen molar-refractivity contribution in [3.8, 4) is 0 Å². The number of halogens is 3. The quantitative estimate of drug-likeness (QED) is 0.926. The molecule has 3 nitrogen and oxygen atoms in total. The van der Waals surface area contributed by atoms with Gasteiger partial charge in [0, 0.05) is 32.2 Å². The SMILES string of the molecule is CC(N)C(c1ccsc1)N1CCN(CC(F)(F)F)CC1. The minimum Gasteiger partial charge on any atom is -0.326 e. The fourth-order valence-corrected chi connectivity index (χ4v) is 3.43. The Morgan fingerprint density at radius 3 is 2.40 bits per heavy atom. The molecule has 0 spiro atoms. The first-order valence-electron chi connectivity index (χ1n) is 6.67. The molecule has 20 heavy (non-hydrogen) atoms. The van der Waals surface area contributed by atoms with Crippen molar-refractivity contribution < 1.29 is 13.2 Å². The third-order valence-corrected chi connectivity index (χ3v) is 4.29. The summed E-state index contributed by atoms with van der Waals surface area (Å²) in [7, 11) is 0. The highest BCUT2D eigenvalue weighted by molar-refractivity contribution is 7.07. The molecule has 2 unspecified atom stereocenters. The molecule has 1 saturated heterocycles. The summed E-state index contributed by atoms with van der Waals surface area (Å²) in [5.41, 5.74) is 7.23. The standard InChI is InChI=1S/C13H20F3N3S/c1-10(17)12(11-2-7-20-8-11)19-5-3-18(4-6-19)9-13(14,15)16/h2,7-8,10,12H,3-6,9,17H2,1H3. The van der Waals surface area contributed by atoms with E-state index in [9.17, 15) is 13.2 Å². The van der Waals surface area contributed by atoms with Gasteiger partial charge in [0.25, 0.3) is 0 Å². The molecule has 0 saturated carbocycles. The second-order valence-corrected chi connectivity index (χ2v) is 6.07. The summed E-state index contributed by atoms with van der Waals surface area (Å²) in [6, 6.07) is 2.09. The van der Waals surface area contributed by atoms with Gasteiger partial charge in [-0.05, 0) is 29.3 Å². The highest BCUT2D eigenvalue weighted by Crippen LogP contribution is 2.27. The van der Waals surface area contributed by atoms with E-state index >= 15 is 0 Å². The Hall–Kier alpha value is -0.630. The predicted octanol–water partition coefficient (Wildman–Crippen LogP) is 2.32. The summed E-state index contributed by atoms with van der Waals surface area (Å²) in [6.07, 6.45) is -4.11. The smallest absolute Gasteiger partial charge is 0.326 e. The zero-order valence-corrected chi connectivity index (χ0v) is 12.3. The van der Waals surface area contributed by atoms with E-state index < -0.39 is 12.7 Å². The van der Waals surface area contributed by atoms with Crippen LogP contribution in [0.15, 0.2) is 16.8 Å². The maximum atomic E-state index is 12.4. The molecule has 114 valence electrons. The molecule has 2 rings (SSSR count). The van der Waals surface area contributed by atoms with E-state index in [0.29, 0.717) is 26.2 Å². The first kappa shape index (κ1) is 15.8. The van der Waals surface area contributed by atoms with Crippen molar-refractivity contribution in [2.24, 2.45) is 5.73 Å². The van der Waals surface area contributed by atoms with Crippen LogP contribution in [-0.4, -0.2) is 54.7 Å². The monoisotopic (exact) mass is 307 g/mol. The second-order valence-electron chi connectivity index (χ2n) is 5.29. The van der Waals surface area contributed by atoms with E-state index in [1.165, 1.54) is 4.90 Å². The maximum absolute atomic E-state index is 12.4. The molecule has 0 aliphatic carbocycles. The lowest BCUT2D eigenvalue weighted by Gasteiger charge is -2.40. The summed E-state index contributed by atoms with van der Waals surface area (Å²) < 4.78 is 37.1. The Morgan fingerprint density at radius 1 is 1.30 bits per heavy atom. The van der Waals surface area contributed by atoms with Gasteiger partial charge in [-0.15, -0.1) is 0 Å². The minimum absolute atomic E-state index is 0.0428. The Kier molecular flexibility index (Phi) is 5.06. The average molecular weight is 307 g/mol. The van der Waals surface area contributed by atoms with Crippen molar-refractivity contribution in [3.05, 3.63) is 22.4 Å². The lowest BCUT2D eigenvalue weighted by Crippen LogP contribution is -2.52. The highest BCUT2D eigenvalue weighted by atomic mass is 32.1. The minimum atomic E-state index is -4.11. The number of thiophene rings is 1. The number of piperazine rings is 1. The summed E-state index contributed by atoms with van der Waals surface area (Å²) in [4.78, 5) is 3.65. The van der Waals surface area contributed by atoms with Crippen LogP contribution in [0.3, 0.4) is 0 Å². The lowest BCUT2D eigenvalue weighted by molar-refractivity contribution is -0.150. The molecule has 1 fully saturated rings. The van der Waals surface area contributed by atoms with Crippen LogP contribution in [0.5, 0.6) is 0 Å². The number of hydrogen-bond donors (Lipinski definition) is 1. The Labute approximate surface area is 121 Å². The first-order valence-corrected chi connectivity index (χ1v) is 7.62. The maximum Gasteiger partial charge on any atom is 0.401 e. The van der Waals surface area contributed by atoms with E-state index in [1.807, 2.05) is 18.4 Å². The molecule has 2 N–H and O–H groups in total. The van der Waals surface area contributed by atoms with Crippen LogP contribution in [0.2, 0.25) is 0 Å². The van der Waals surface area contributed by atoms with Crippen molar-refractivity contribution in [2.75, 3.05) is 32.7 Å². The van der Waals surface area contributed by atoms with Crippen LogP contribution in [0.1, 0.15) is 18.5 Å². The zero-order valence-electron chi connectivity index (χ0n) is 11.4. The van der Waals surface area contributed by atoms with E-state index in [-0.39, 0.29) is 12.1 Å². The van der Waals surface area contributed by atoms with E-state index in [4.69, 9.17) is 5.73 Å². The Balaban J connectivity index is 1.95. The molecule has 0 radical (unpaired) electrons. The highest BCUT2D eigenvalue weighted by Gasteiger charge is 2.34. The molecule has 0 aromatic carbocycles. The normalized spacial score (nSPS) is 21.9. The van der Waals surface area contributed by atoms with Crippen LogP contribution < -0.4 is 5.73 Å². The number of nitrogens with two attached hydrogens (primary N) is 1. The predicted molar refractivity (Wildman–Crippen MR) is 74.8 cm³/mol. The fourth-order valence-electron chi connectivity index (χ4n) is 2.74. The van der Waals surface area contributed by atoms with Crippen molar-refractivity contribution in [1.29, 1.82) is 0 Å². The van der Waals surface area contributed by atoms with Gasteiger partial charge >= 0.3 is 6.18 Å². The molecule has 7 heteroatoms. The molecule has 1 aliphatic rings. The Bertz CT molecular complexity index is 397. The van der Waals surface area contributed by atoms with Gasteiger partial charge < -0.3 is 5.73 Å². The third kappa shape index (κ3) is 4.18. The van der Waals surface area contributed by atoms with E-state index in [1.54, 1.807) is 11.3 Å². The van der Waals surface area contributed by atoms with Crippen molar-refractivity contribution in [3.63, 3.8) is 0 Å². The van der Waals surface area contributed by atoms with Crippen LogP contribution >= 0.6 is 11.3 Å². The molecular formula is C13H20F3N3S. The lowest BCUT2D eigenvalue weighted by atomic mass is 10.0. The van der Waals surface area contributed by atoms with Crippen molar-refractivity contribution in [2.45, 2.75) is 25.2 Å². The average Bonchev–Trinajstić information content (AvgIpc) is 2.83. The van der Waals surface area contributed by atoms with Gasteiger partial charge in [-0.1, -0.05) is 0 Å². The van der Waals surface area contributed by atoms with Gasteiger partial charge in [0.2, 0.25) is 0 Å². The summed E-state index contributed by atoms with van der Waals surface area (Å²) >= 11 is 1.62. The second kappa shape index (κ2) is 6.43. The Morgan fingerprint density at radius 2 is 1.95 bits per heavy atom. The van der Waals surface area contributed by atoms with Gasteiger partial charge in [-0.2, -0.15) is 24.5 Å². The number of nitrogens with zero attached hydrogens (tertiary/aromatic N) is 2. The van der Waals surface area contributed by atoms with Crippen molar-refractivity contribution >= 4 is 11.3 Å².